The van der Waals surface area contributed by atoms with E-state index in [0.717, 1.165) is 17.7 Å². The minimum absolute atomic E-state index is 0.119. The highest BCUT2D eigenvalue weighted by Crippen LogP contribution is 2.19. The molecule has 2 amide bonds. The lowest BCUT2D eigenvalue weighted by Gasteiger charge is -2.10. The number of amides is 2. The van der Waals surface area contributed by atoms with Crippen LogP contribution >= 0.6 is 0 Å². The first-order chi connectivity index (χ1) is 15.1. The maximum Gasteiger partial charge on any atom is 0.261 e. The van der Waals surface area contributed by atoms with Gasteiger partial charge < -0.3 is 10.6 Å². The monoisotopic (exact) mass is 459 g/mol. The molecular formula is C22H19F2N3O4S. The molecular weight excluding hydrogens is 440 g/mol. The molecule has 10 heteroatoms. The Morgan fingerprint density at radius 3 is 2.12 bits per heavy atom. The molecule has 0 aromatic heterocycles. The van der Waals surface area contributed by atoms with E-state index in [1.165, 1.54) is 36.4 Å². The summed E-state index contributed by atoms with van der Waals surface area (Å²) in [4.78, 5) is 24.1. The van der Waals surface area contributed by atoms with Crippen LogP contribution in [0.1, 0.15) is 15.9 Å². The van der Waals surface area contributed by atoms with Gasteiger partial charge in [0.05, 0.1) is 17.0 Å². The summed E-state index contributed by atoms with van der Waals surface area (Å²) in [5.74, 6) is -3.31. The second-order valence-electron chi connectivity index (χ2n) is 6.85. The lowest BCUT2D eigenvalue weighted by molar-refractivity contribution is -0.115. The fraction of sp³-hybridized carbons (Fsp3) is 0.0909. The van der Waals surface area contributed by atoms with Crippen molar-refractivity contribution in [3.8, 4) is 0 Å². The second kappa shape index (κ2) is 9.56. The molecule has 0 fully saturated rings. The van der Waals surface area contributed by atoms with Crippen molar-refractivity contribution in [3.05, 3.63) is 89.5 Å². The predicted octanol–water partition coefficient (Wildman–Crippen LogP) is 3.44. The van der Waals surface area contributed by atoms with Gasteiger partial charge in [-0.2, -0.15) is 0 Å². The molecule has 0 aliphatic rings. The highest BCUT2D eigenvalue weighted by molar-refractivity contribution is 7.92. The van der Waals surface area contributed by atoms with Crippen LogP contribution in [0.4, 0.5) is 20.2 Å². The fourth-order valence-electron chi connectivity index (χ4n) is 2.69. The summed E-state index contributed by atoms with van der Waals surface area (Å²) in [6.07, 6.45) is 0. The molecule has 0 radical (unpaired) electrons. The van der Waals surface area contributed by atoms with Gasteiger partial charge in [-0.25, -0.2) is 17.2 Å². The van der Waals surface area contributed by atoms with Crippen LogP contribution in [0.3, 0.4) is 0 Å². The molecule has 3 rings (SSSR count). The normalized spacial score (nSPS) is 11.0. The molecule has 0 saturated carbocycles. The number of aryl methyl sites for hydroxylation is 1. The predicted molar refractivity (Wildman–Crippen MR) is 116 cm³/mol. The van der Waals surface area contributed by atoms with Gasteiger partial charge in [0.15, 0.2) is 0 Å². The van der Waals surface area contributed by atoms with E-state index in [1.807, 2.05) is 6.92 Å². The van der Waals surface area contributed by atoms with Crippen LogP contribution in [0.15, 0.2) is 71.6 Å². The summed E-state index contributed by atoms with van der Waals surface area (Å²) in [6.45, 7) is 1.40. The third-order valence-corrected chi connectivity index (χ3v) is 5.73. The molecule has 0 saturated heterocycles. The quantitative estimate of drug-likeness (QED) is 0.503. The van der Waals surface area contributed by atoms with Crippen LogP contribution < -0.4 is 15.4 Å². The molecule has 0 aliphatic heterocycles. The molecule has 3 aromatic rings. The van der Waals surface area contributed by atoms with Crippen LogP contribution in [0.25, 0.3) is 0 Å². The minimum atomic E-state index is -3.76. The molecule has 0 atom stereocenters. The van der Waals surface area contributed by atoms with E-state index >= 15 is 0 Å². The lowest BCUT2D eigenvalue weighted by Crippen LogP contribution is -2.33. The van der Waals surface area contributed by atoms with E-state index in [9.17, 15) is 26.8 Å². The Labute approximate surface area is 183 Å². The molecule has 0 heterocycles. The van der Waals surface area contributed by atoms with Gasteiger partial charge in [-0.3, -0.25) is 14.3 Å². The van der Waals surface area contributed by atoms with E-state index < -0.39 is 40.0 Å². The Hall–Kier alpha value is -3.79. The maximum absolute atomic E-state index is 13.6. The van der Waals surface area contributed by atoms with Gasteiger partial charge in [0.1, 0.15) is 11.6 Å². The maximum atomic E-state index is 13.6. The Morgan fingerprint density at radius 2 is 1.50 bits per heavy atom. The van der Waals surface area contributed by atoms with Crippen molar-refractivity contribution in [2.75, 3.05) is 16.6 Å². The summed E-state index contributed by atoms with van der Waals surface area (Å²) >= 11 is 0. The topological polar surface area (TPSA) is 104 Å². The Balaban J connectivity index is 1.55. The Kier molecular flexibility index (Phi) is 6.84. The standard InChI is InChI=1S/C22H19F2N3O4S/c1-14-2-9-18(10-3-14)32(30,31)27-17-7-5-16(6-8-17)26-21(28)13-25-22(29)19-11-4-15(23)12-20(19)24/h2-12,27H,13H2,1H3,(H,25,29)(H,26,28). The zero-order chi connectivity index (χ0) is 23.3. The van der Waals surface area contributed by atoms with Crippen molar-refractivity contribution >= 4 is 33.2 Å². The van der Waals surface area contributed by atoms with Crippen molar-refractivity contribution in [3.63, 3.8) is 0 Å². The fourth-order valence-corrected chi connectivity index (χ4v) is 3.75. The molecule has 3 aromatic carbocycles. The Bertz CT molecular complexity index is 1250. The second-order valence-corrected chi connectivity index (χ2v) is 8.53. The van der Waals surface area contributed by atoms with Crippen molar-refractivity contribution in [1.29, 1.82) is 0 Å². The van der Waals surface area contributed by atoms with E-state index in [4.69, 9.17) is 0 Å². The van der Waals surface area contributed by atoms with Crippen molar-refractivity contribution in [2.45, 2.75) is 11.8 Å². The van der Waals surface area contributed by atoms with Crippen molar-refractivity contribution < 1.29 is 26.8 Å². The van der Waals surface area contributed by atoms with Crippen molar-refractivity contribution in [1.82, 2.24) is 5.32 Å². The minimum Gasteiger partial charge on any atom is -0.343 e. The average Bonchev–Trinajstić information content (AvgIpc) is 2.73. The third-order valence-electron chi connectivity index (χ3n) is 4.34. The summed E-state index contributed by atoms with van der Waals surface area (Å²) in [5, 5.41) is 4.75. The summed E-state index contributed by atoms with van der Waals surface area (Å²) < 4.78 is 53.8. The number of sulfonamides is 1. The van der Waals surface area contributed by atoms with Crippen LogP contribution in [0.5, 0.6) is 0 Å². The van der Waals surface area contributed by atoms with Gasteiger partial charge in [-0.1, -0.05) is 17.7 Å². The number of anilines is 2. The van der Waals surface area contributed by atoms with Gasteiger partial charge in [-0.05, 0) is 55.5 Å². The molecule has 3 N–H and O–H groups in total. The molecule has 166 valence electrons. The third kappa shape index (κ3) is 5.88. The number of hydrogen-bond donors (Lipinski definition) is 3. The van der Waals surface area contributed by atoms with Gasteiger partial charge in [0.2, 0.25) is 5.91 Å². The summed E-state index contributed by atoms with van der Waals surface area (Å²) in [5.41, 5.74) is 1.20. The molecule has 0 unspecified atom stereocenters. The van der Waals surface area contributed by atoms with E-state index in [1.54, 1.807) is 12.1 Å². The number of nitrogens with one attached hydrogen (secondary N) is 3. The number of carbonyl (C=O) groups excluding carboxylic acids is 2. The molecule has 32 heavy (non-hydrogen) atoms. The van der Waals surface area contributed by atoms with Gasteiger partial charge in [0, 0.05) is 17.4 Å². The zero-order valence-electron chi connectivity index (χ0n) is 16.9. The van der Waals surface area contributed by atoms with Crippen LogP contribution in [-0.2, 0) is 14.8 Å². The summed E-state index contributed by atoms with van der Waals surface area (Å²) in [7, 11) is -3.76. The number of rotatable bonds is 7. The molecule has 0 aliphatic carbocycles. The van der Waals surface area contributed by atoms with E-state index in [0.29, 0.717) is 17.4 Å². The highest BCUT2D eigenvalue weighted by Gasteiger charge is 2.15. The number of hydrogen-bond acceptors (Lipinski definition) is 4. The number of carbonyl (C=O) groups is 2. The molecule has 0 bridgehead atoms. The molecule has 0 spiro atoms. The Morgan fingerprint density at radius 1 is 0.875 bits per heavy atom. The van der Waals surface area contributed by atoms with Crippen LogP contribution in [0, 0.1) is 18.6 Å². The van der Waals surface area contributed by atoms with E-state index in [-0.39, 0.29) is 10.5 Å². The molecule has 7 nitrogen and oxygen atoms in total. The largest absolute Gasteiger partial charge is 0.343 e. The highest BCUT2D eigenvalue weighted by atomic mass is 32.2. The lowest BCUT2D eigenvalue weighted by atomic mass is 10.2. The van der Waals surface area contributed by atoms with Gasteiger partial charge in [-0.15, -0.1) is 0 Å². The van der Waals surface area contributed by atoms with Crippen molar-refractivity contribution in [2.24, 2.45) is 0 Å². The SMILES string of the molecule is Cc1ccc(S(=O)(=O)Nc2ccc(NC(=O)CNC(=O)c3ccc(F)cc3F)cc2)cc1. The van der Waals surface area contributed by atoms with Crippen LogP contribution in [0.2, 0.25) is 0 Å². The van der Waals surface area contributed by atoms with E-state index in [2.05, 4.69) is 15.4 Å². The first-order valence-corrected chi connectivity index (χ1v) is 10.8. The smallest absolute Gasteiger partial charge is 0.261 e. The number of benzene rings is 3. The first kappa shape index (κ1) is 22.9. The van der Waals surface area contributed by atoms with Gasteiger partial charge >= 0.3 is 0 Å². The van der Waals surface area contributed by atoms with Crippen LogP contribution in [-0.4, -0.2) is 26.8 Å². The van der Waals surface area contributed by atoms with Gasteiger partial charge in [0.25, 0.3) is 15.9 Å². The zero-order valence-corrected chi connectivity index (χ0v) is 17.7. The average molecular weight is 459 g/mol. The first-order valence-electron chi connectivity index (χ1n) is 9.37. The number of halogens is 2. The summed E-state index contributed by atoms with van der Waals surface area (Å²) in [6, 6.07) is 14.8.